The van der Waals surface area contributed by atoms with E-state index in [1.807, 2.05) is 6.92 Å². The fraction of sp³-hybridized carbons (Fsp3) is 0.724. The fourth-order valence-corrected chi connectivity index (χ4v) is 4.17. The molecule has 1 rings (SSSR count). The molecule has 1 amide bonds. The molecule has 200 valence electrons. The number of esters is 1. The minimum atomic E-state index is -0.346. The van der Waals surface area contributed by atoms with Crippen LogP contribution in [0.1, 0.15) is 121 Å². The van der Waals surface area contributed by atoms with E-state index in [9.17, 15) is 14.7 Å². The molecule has 0 aliphatic carbocycles. The third kappa shape index (κ3) is 15.4. The van der Waals surface area contributed by atoms with Crippen molar-refractivity contribution in [2.24, 2.45) is 0 Å². The molecule has 0 saturated carbocycles. The van der Waals surface area contributed by atoms with Crippen LogP contribution in [0.5, 0.6) is 11.5 Å². The van der Waals surface area contributed by atoms with E-state index < -0.39 is 0 Å². The molecule has 0 aliphatic rings. The van der Waals surface area contributed by atoms with Gasteiger partial charge in [-0.15, -0.1) is 0 Å². The Morgan fingerprint density at radius 3 is 1.86 bits per heavy atom. The zero-order chi connectivity index (χ0) is 25.7. The molecular formula is C29H49NO5. The highest BCUT2D eigenvalue weighted by molar-refractivity contribution is 5.80. The van der Waals surface area contributed by atoms with Crippen LogP contribution in [0.15, 0.2) is 12.1 Å². The number of carbonyl (C=O) groups is 2. The predicted octanol–water partition coefficient (Wildman–Crippen LogP) is 7.13. The summed E-state index contributed by atoms with van der Waals surface area (Å²) in [7, 11) is 1.48. The Morgan fingerprint density at radius 1 is 0.829 bits per heavy atom. The summed E-state index contributed by atoms with van der Waals surface area (Å²) >= 11 is 0. The molecule has 35 heavy (non-hydrogen) atoms. The van der Waals surface area contributed by atoms with Gasteiger partial charge in [-0.25, -0.2) is 0 Å². The molecule has 0 heterocycles. The summed E-state index contributed by atoms with van der Waals surface area (Å²) in [5.74, 6) is -0.249. The summed E-state index contributed by atoms with van der Waals surface area (Å²) in [5, 5.41) is 12.5. The number of methoxy groups -OCH3 is 1. The molecule has 1 aromatic carbocycles. The normalized spacial score (nSPS) is 10.8. The second-order valence-electron chi connectivity index (χ2n) is 9.59. The minimum Gasteiger partial charge on any atom is -0.504 e. The van der Waals surface area contributed by atoms with Crippen LogP contribution in [0.3, 0.4) is 0 Å². The smallest absolute Gasteiger partial charge is 0.306 e. The number of aryl methyl sites for hydroxylation is 1. The average molecular weight is 492 g/mol. The third-order valence-electron chi connectivity index (χ3n) is 6.46. The molecule has 0 aromatic heterocycles. The summed E-state index contributed by atoms with van der Waals surface area (Å²) in [6.45, 7) is 4.11. The van der Waals surface area contributed by atoms with E-state index in [1.54, 1.807) is 12.1 Å². The van der Waals surface area contributed by atoms with Crippen LogP contribution in [0.2, 0.25) is 0 Å². The van der Waals surface area contributed by atoms with E-state index in [0.717, 1.165) is 30.4 Å². The number of benzene rings is 1. The molecule has 0 atom stereocenters. The van der Waals surface area contributed by atoms with Gasteiger partial charge in [-0.3, -0.25) is 9.59 Å². The first-order chi connectivity index (χ1) is 17.0. The van der Waals surface area contributed by atoms with Crippen molar-refractivity contribution in [1.82, 2.24) is 5.32 Å². The maximum atomic E-state index is 12.0. The molecule has 6 heteroatoms. The lowest BCUT2D eigenvalue weighted by Crippen LogP contribution is -2.28. The van der Waals surface area contributed by atoms with Crippen molar-refractivity contribution in [1.29, 1.82) is 0 Å². The highest BCUT2D eigenvalue weighted by Gasteiger charge is 2.10. The summed E-state index contributed by atoms with van der Waals surface area (Å²) in [6.07, 6.45) is 19.6. The van der Waals surface area contributed by atoms with Crippen molar-refractivity contribution in [3.05, 3.63) is 23.3 Å². The van der Waals surface area contributed by atoms with Gasteiger partial charge >= 0.3 is 5.97 Å². The Kier molecular flexibility index (Phi) is 17.6. The van der Waals surface area contributed by atoms with Crippen molar-refractivity contribution >= 4 is 11.9 Å². The number of ether oxygens (including phenoxy) is 2. The standard InChI is InChI=1S/C29H49NO5/c1-4-5-6-7-8-9-10-11-12-13-14-15-16-17-18-19-29(33)35-23-28(32)30-22-25-21-27(34-3)26(31)20-24(25)2/h20-21,31H,4-19,22-23H2,1-3H3,(H,30,32). The van der Waals surface area contributed by atoms with Crippen molar-refractivity contribution in [3.8, 4) is 11.5 Å². The number of carbonyl (C=O) groups excluding carboxylic acids is 2. The van der Waals surface area contributed by atoms with Gasteiger partial charge in [0.2, 0.25) is 0 Å². The number of hydrogen-bond donors (Lipinski definition) is 2. The largest absolute Gasteiger partial charge is 0.504 e. The fourth-order valence-electron chi connectivity index (χ4n) is 4.17. The molecule has 0 fully saturated rings. The zero-order valence-corrected chi connectivity index (χ0v) is 22.5. The van der Waals surface area contributed by atoms with Crippen molar-refractivity contribution in [2.75, 3.05) is 13.7 Å². The molecular weight excluding hydrogens is 442 g/mol. The lowest BCUT2D eigenvalue weighted by atomic mass is 10.0. The Morgan fingerprint density at radius 2 is 1.34 bits per heavy atom. The maximum Gasteiger partial charge on any atom is 0.306 e. The van der Waals surface area contributed by atoms with E-state index in [2.05, 4.69) is 12.2 Å². The van der Waals surface area contributed by atoms with Crippen molar-refractivity contribution < 1.29 is 24.2 Å². The van der Waals surface area contributed by atoms with Crippen LogP contribution in [-0.2, 0) is 20.9 Å². The number of hydrogen-bond acceptors (Lipinski definition) is 5. The molecule has 0 aliphatic heterocycles. The highest BCUT2D eigenvalue weighted by atomic mass is 16.5. The number of nitrogens with one attached hydrogen (secondary N) is 1. The van der Waals surface area contributed by atoms with Crippen LogP contribution < -0.4 is 10.1 Å². The number of phenolic OH excluding ortho intramolecular Hbond substituents is 1. The van der Waals surface area contributed by atoms with E-state index in [4.69, 9.17) is 9.47 Å². The first-order valence-electron chi connectivity index (χ1n) is 13.8. The van der Waals surface area contributed by atoms with Crippen molar-refractivity contribution in [3.63, 3.8) is 0 Å². The molecule has 1 aromatic rings. The molecule has 0 bridgehead atoms. The zero-order valence-electron chi connectivity index (χ0n) is 22.5. The summed E-state index contributed by atoms with van der Waals surface area (Å²) < 4.78 is 10.2. The maximum absolute atomic E-state index is 12.0. The summed E-state index contributed by atoms with van der Waals surface area (Å²) in [5.41, 5.74) is 1.67. The molecule has 6 nitrogen and oxygen atoms in total. The van der Waals surface area contributed by atoms with E-state index in [0.29, 0.717) is 12.2 Å². The number of rotatable bonds is 21. The number of phenols is 1. The quantitative estimate of drug-likeness (QED) is 0.141. The Bertz CT molecular complexity index is 719. The van der Waals surface area contributed by atoms with Gasteiger partial charge in [-0.2, -0.15) is 0 Å². The van der Waals surface area contributed by atoms with Crippen LogP contribution in [0, 0.1) is 6.92 Å². The SMILES string of the molecule is CCCCCCCCCCCCCCCCCC(=O)OCC(=O)NCc1cc(OC)c(O)cc1C. The Labute approximate surface area is 213 Å². The predicted molar refractivity (Wildman–Crippen MR) is 142 cm³/mol. The van der Waals surface area contributed by atoms with E-state index >= 15 is 0 Å². The lowest BCUT2D eigenvalue weighted by molar-refractivity contribution is -0.148. The number of aromatic hydroxyl groups is 1. The monoisotopic (exact) mass is 491 g/mol. The molecule has 0 unspecified atom stereocenters. The summed E-state index contributed by atoms with van der Waals surface area (Å²) in [6, 6.07) is 3.28. The van der Waals surface area contributed by atoms with Gasteiger partial charge in [0.15, 0.2) is 18.1 Å². The van der Waals surface area contributed by atoms with Gasteiger partial charge in [0.25, 0.3) is 5.91 Å². The van der Waals surface area contributed by atoms with E-state index in [-0.39, 0.29) is 30.8 Å². The van der Waals surface area contributed by atoms with Crippen LogP contribution in [0.25, 0.3) is 0 Å². The minimum absolute atomic E-state index is 0.0628. The van der Waals surface area contributed by atoms with Gasteiger partial charge in [0, 0.05) is 13.0 Å². The van der Waals surface area contributed by atoms with Gasteiger partial charge in [0.1, 0.15) is 0 Å². The lowest BCUT2D eigenvalue weighted by Gasteiger charge is -2.11. The number of amides is 1. The van der Waals surface area contributed by atoms with Gasteiger partial charge in [-0.05, 0) is 36.6 Å². The van der Waals surface area contributed by atoms with Crippen molar-refractivity contribution in [2.45, 2.75) is 123 Å². The van der Waals surface area contributed by atoms with Crippen LogP contribution in [-0.4, -0.2) is 30.7 Å². The molecule has 2 N–H and O–H groups in total. The first-order valence-corrected chi connectivity index (χ1v) is 13.8. The van der Waals surface area contributed by atoms with Gasteiger partial charge in [0.05, 0.1) is 7.11 Å². The van der Waals surface area contributed by atoms with Crippen LogP contribution >= 0.6 is 0 Å². The van der Waals surface area contributed by atoms with Gasteiger partial charge in [-0.1, -0.05) is 96.8 Å². The van der Waals surface area contributed by atoms with E-state index in [1.165, 1.54) is 84.2 Å². The molecule has 0 saturated heterocycles. The Balaban J connectivity index is 1.96. The average Bonchev–Trinajstić information content (AvgIpc) is 2.84. The topological polar surface area (TPSA) is 84.9 Å². The molecule has 0 radical (unpaired) electrons. The Hall–Kier alpha value is -2.24. The third-order valence-corrected chi connectivity index (χ3v) is 6.46. The number of unbranched alkanes of at least 4 members (excludes halogenated alkanes) is 14. The second kappa shape index (κ2) is 20.0. The van der Waals surface area contributed by atoms with Crippen LogP contribution in [0.4, 0.5) is 0 Å². The first kappa shape index (κ1) is 30.8. The molecule has 0 spiro atoms. The highest BCUT2D eigenvalue weighted by Crippen LogP contribution is 2.29. The summed E-state index contributed by atoms with van der Waals surface area (Å²) in [4.78, 5) is 23.9. The second-order valence-corrected chi connectivity index (χ2v) is 9.59. The van der Waals surface area contributed by atoms with Gasteiger partial charge < -0.3 is 19.9 Å².